The summed E-state index contributed by atoms with van der Waals surface area (Å²) in [5.41, 5.74) is 2.55. The lowest BCUT2D eigenvalue weighted by Crippen LogP contribution is -2.48. The molecule has 1 saturated heterocycles. The van der Waals surface area contributed by atoms with Gasteiger partial charge >= 0.3 is 0 Å². The number of rotatable bonds is 4. The molecule has 1 aromatic heterocycles. The average Bonchev–Trinajstić information content (AvgIpc) is 3.30. The van der Waals surface area contributed by atoms with Crippen molar-refractivity contribution in [3.05, 3.63) is 53.9 Å². The molecule has 2 aromatic rings. The molecule has 2 aliphatic rings. The summed E-state index contributed by atoms with van der Waals surface area (Å²) in [4.78, 5) is 17.2. The summed E-state index contributed by atoms with van der Waals surface area (Å²) in [7, 11) is 1.93. The van der Waals surface area contributed by atoms with E-state index in [1.165, 1.54) is 11.1 Å². The maximum Gasteiger partial charge on any atom is 0.226 e. The van der Waals surface area contributed by atoms with E-state index in [0.29, 0.717) is 11.8 Å². The van der Waals surface area contributed by atoms with Crippen LogP contribution in [-0.4, -0.2) is 51.7 Å². The number of amides is 1. The Labute approximate surface area is 142 Å². The highest BCUT2D eigenvalue weighted by Gasteiger charge is 2.46. The standard InChI is InChI=1S/C19H24N4O/c1-21-14-16(12-20-21)17-11-18(17)19(24)23-9-7-22(8-10-23)13-15-5-3-2-4-6-15/h2-6,12,14,17-18H,7-11,13H2,1H3/t17-,18+/m1/s1. The van der Waals surface area contributed by atoms with Crippen LogP contribution in [0.3, 0.4) is 0 Å². The van der Waals surface area contributed by atoms with Gasteiger partial charge in [-0.2, -0.15) is 5.10 Å². The Hall–Kier alpha value is -2.14. The van der Waals surface area contributed by atoms with Crippen LogP contribution < -0.4 is 0 Å². The van der Waals surface area contributed by atoms with Crippen molar-refractivity contribution in [1.29, 1.82) is 0 Å². The second-order valence-electron chi connectivity index (χ2n) is 6.98. The van der Waals surface area contributed by atoms with E-state index in [4.69, 9.17) is 0 Å². The summed E-state index contributed by atoms with van der Waals surface area (Å²) in [6.45, 7) is 4.60. The van der Waals surface area contributed by atoms with Crippen LogP contribution in [0.4, 0.5) is 0 Å². The third kappa shape index (κ3) is 3.22. The molecule has 5 heteroatoms. The summed E-state index contributed by atoms with van der Waals surface area (Å²) in [6, 6.07) is 10.6. The lowest BCUT2D eigenvalue weighted by atomic mass is 10.1. The zero-order valence-corrected chi connectivity index (χ0v) is 14.1. The van der Waals surface area contributed by atoms with Crippen molar-refractivity contribution in [2.75, 3.05) is 26.2 Å². The maximum absolute atomic E-state index is 12.7. The highest BCUT2D eigenvalue weighted by atomic mass is 16.2. The molecule has 24 heavy (non-hydrogen) atoms. The number of hydrogen-bond donors (Lipinski definition) is 0. The molecule has 4 rings (SSSR count). The van der Waals surface area contributed by atoms with Gasteiger partial charge in [-0.3, -0.25) is 14.4 Å². The Balaban J connectivity index is 1.28. The monoisotopic (exact) mass is 324 g/mol. The fourth-order valence-corrected chi connectivity index (χ4v) is 3.67. The van der Waals surface area contributed by atoms with E-state index in [2.05, 4.69) is 45.2 Å². The van der Waals surface area contributed by atoms with Gasteiger partial charge in [0.25, 0.3) is 0 Å². The van der Waals surface area contributed by atoms with Gasteiger partial charge in [-0.1, -0.05) is 30.3 Å². The van der Waals surface area contributed by atoms with Gasteiger partial charge in [-0.05, 0) is 23.5 Å². The minimum atomic E-state index is 0.176. The van der Waals surface area contributed by atoms with E-state index in [0.717, 1.165) is 39.1 Å². The first-order valence-electron chi connectivity index (χ1n) is 8.74. The Morgan fingerprint density at radius 3 is 2.58 bits per heavy atom. The number of piperazine rings is 1. The third-order valence-electron chi connectivity index (χ3n) is 5.19. The van der Waals surface area contributed by atoms with Crippen molar-refractivity contribution in [3.63, 3.8) is 0 Å². The molecule has 0 radical (unpaired) electrons. The summed E-state index contributed by atoms with van der Waals surface area (Å²) >= 11 is 0. The molecule has 1 aliphatic carbocycles. The maximum atomic E-state index is 12.7. The number of hydrogen-bond acceptors (Lipinski definition) is 3. The van der Waals surface area contributed by atoms with Gasteiger partial charge in [0.05, 0.1) is 6.20 Å². The summed E-state index contributed by atoms with van der Waals surface area (Å²) in [6.07, 6.45) is 4.92. The molecule has 2 fully saturated rings. The Kier molecular flexibility index (Phi) is 4.10. The molecule has 2 heterocycles. The molecule has 0 spiro atoms. The van der Waals surface area contributed by atoms with Crippen LogP contribution >= 0.6 is 0 Å². The van der Waals surface area contributed by atoms with Crippen LogP contribution in [0, 0.1) is 5.92 Å². The fraction of sp³-hybridized carbons (Fsp3) is 0.474. The second kappa shape index (κ2) is 6.40. The molecule has 1 saturated carbocycles. The van der Waals surface area contributed by atoms with Crippen LogP contribution in [0.2, 0.25) is 0 Å². The number of aromatic nitrogens is 2. The molecule has 0 N–H and O–H groups in total. The number of nitrogens with zero attached hydrogens (tertiary/aromatic N) is 4. The Morgan fingerprint density at radius 1 is 1.17 bits per heavy atom. The van der Waals surface area contributed by atoms with Crippen LogP contribution in [0.1, 0.15) is 23.5 Å². The predicted molar refractivity (Wildman–Crippen MR) is 92.4 cm³/mol. The number of carbonyl (C=O) groups excluding carboxylic acids is 1. The molecule has 126 valence electrons. The van der Waals surface area contributed by atoms with Gasteiger partial charge in [-0.15, -0.1) is 0 Å². The zero-order chi connectivity index (χ0) is 16.5. The molecule has 0 unspecified atom stereocenters. The largest absolute Gasteiger partial charge is 0.340 e. The van der Waals surface area contributed by atoms with Gasteiger partial charge in [0.1, 0.15) is 0 Å². The van der Waals surface area contributed by atoms with E-state index in [9.17, 15) is 4.79 Å². The first kappa shape index (κ1) is 15.4. The molecular formula is C19H24N4O. The highest BCUT2D eigenvalue weighted by molar-refractivity contribution is 5.83. The number of carbonyl (C=O) groups is 1. The molecule has 0 bridgehead atoms. The zero-order valence-electron chi connectivity index (χ0n) is 14.1. The van der Waals surface area contributed by atoms with Crippen molar-refractivity contribution < 1.29 is 4.79 Å². The number of benzene rings is 1. The van der Waals surface area contributed by atoms with Crippen molar-refractivity contribution >= 4 is 5.91 Å². The molecule has 1 amide bonds. The summed E-state index contributed by atoms with van der Waals surface area (Å²) in [5, 5.41) is 4.22. The van der Waals surface area contributed by atoms with Gasteiger partial charge in [0, 0.05) is 51.9 Å². The topological polar surface area (TPSA) is 41.4 Å². The lowest BCUT2D eigenvalue weighted by Gasteiger charge is -2.35. The Morgan fingerprint density at radius 2 is 1.92 bits per heavy atom. The van der Waals surface area contributed by atoms with Crippen molar-refractivity contribution in [2.24, 2.45) is 13.0 Å². The average molecular weight is 324 g/mol. The third-order valence-corrected chi connectivity index (χ3v) is 5.19. The van der Waals surface area contributed by atoms with Gasteiger partial charge in [0.2, 0.25) is 5.91 Å². The van der Waals surface area contributed by atoms with Crippen molar-refractivity contribution in [3.8, 4) is 0 Å². The lowest BCUT2D eigenvalue weighted by molar-refractivity contribution is -0.134. The van der Waals surface area contributed by atoms with E-state index < -0.39 is 0 Å². The second-order valence-corrected chi connectivity index (χ2v) is 6.98. The van der Waals surface area contributed by atoms with Crippen LogP contribution in [-0.2, 0) is 18.4 Å². The first-order valence-corrected chi connectivity index (χ1v) is 8.74. The van der Waals surface area contributed by atoms with E-state index >= 15 is 0 Å². The quantitative estimate of drug-likeness (QED) is 0.862. The SMILES string of the molecule is Cn1cc([C@H]2C[C@@H]2C(=O)N2CCN(Cc3ccccc3)CC2)cn1. The summed E-state index contributed by atoms with van der Waals surface area (Å²) in [5.74, 6) is 0.895. The highest BCUT2D eigenvalue weighted by Crippen LogP contribution is 2.48. The molecule has 1 aromatic carbocycles. The van der Waals surface area contributed by atoms with Gasteiger partial charge in [0.15, 0.2) is 0 Å². The molecular weight excluding hydrogens is 300 g/mol. The van der Waals surface area contributed by atoms with Crippen LogP contribution in [0.25, 0.3) is 0 Å². The van der Waals surface area contributed by atoms with Gasteiger partial charge in [-0.25, -0.2) is 0 Å². The van der Waals surface area contributed by atoms with E-state index in [-0.39, 0.29) is 5.92 Å². The normalized spacial score (nSPS) is 24.1. The first-order chi connectivity index (χ1) is 11.7. The summed E-state index contributed by atoms with van der Waals surface area (Å²) < 4.78 is 1.82. The number of aryl methyl sites for hydroxylation is 1. The predicted octanol–water partition coefficient (Wildman–Crippen LogP) is 1.87. The van der Waals surface area contributed by atoms with Crippen molar-refractivity contribution in [2.45, 2.75) is 18.9 Å². The smallest absolute Gasteiger partial charge is 0.226 e. The minimum Gasteiger partial charge on any atom is -0.340 e. The fourth-order valence-electron chi connectivity index (χ4n) is 3.67. The molecule has 2 atom stereocenters. The van der Waals surface area contributed by atoms with Crippen LogP contribution in [0.15, 0.2) is 42.7 Å². The van der Waals surface area contributed by atoms with E-state index in [1.807, 2.05) is 24.1 Å². The van der Waals surface area contributed by atoms with Crippen molar-refractivity contribution in [1.82, 2.24) is 19.6 Å². The van der Waals surface area contributed by atoms with Crippen LogP contribution in [0.5, 0.6) is 0 Å². The molecule has 5 nitrogen and oxygen atoms in total. The van der Waals surface area contributed by atoms with E-state index in [1.54, 1.807) is 0 Å². The Bertz CT molecular complexity index is 703. The van der Waals surface area contributed by atoms with Gasteiger partial charge < -0.3 is 4.90 Å². The molecule has 1 aliphatic heterocycles. The minimum absolute atomic E-state index is 0.176.